The lowest BCUT2D eigenvalue weighted by Gasteiger charge is -2.13. The molecule has 1 heterocycles. The van der Waals surface area contributed by atoms with E-state index in [4.69, 9.17) is 4.74 Å². The van der Waals surface area contributed by atoms with Crippen LogP contribution in [-0.2, 0) is 11.3 Å². The number of hydrogen-bond acceptors (Lipinski definition) is 4. The number of alkyl carbamates (subject to hydrolysis) is 1. The van der Waals surface area contributed by atoms with Crippen LogP contribution in [0.4, 0.5) is 4.79 Å². The zero-order valence-corrected chi connectivity index (χ0v) is 12.4. The summed E-state index contributed by atoms with van der Waals surface area (Å²) in [4.78, 5) is 23.6. The topological polar surface area (TPSA) is 60.3 Å². The van der Waals surface area contributed by atoms with Crippen LogP contribution in [0.3, 0.4) is 0 Å². The molecular formula is C14H18N2O3S. The van der Waals surface area contributed by atoms with Crippen LogP contribution >= 0.6 is 11.5 Å². The number of benzene rings is 1. The molecule has 1 aromatic carbocycles. The highest BCUT2D eigenvalue weighted by Crippen LogP contribution is 2.16. The summed E-state index contributed by atoms with van der Waals surface area (Å²) in [6.45, 7) is 4.72. The van der Waals surface area contributed by atoms with Gasteiger partial charge in [-0.1, -0.05) is 30.6 Å². The molecule has 0 radical (unpaired) electrons. The molecule has 0 bridgehead atoms. The SMILES string of the molecule is CCCNC(=O)OC(C)Cn1sc2ccccc2c1=O. The van der Waals surface area contributed by atoms with Crippen molar-refractivity contribution in [2.75, 3.05) is 6.54 Å². The zero-order chi connectivity index (χ0) is 14.5. The van der Waals surface area contributed by atoms with Crippen LogP contribution in [-0.4, -0.2) is 22.7 Å². The molecule has 1 amide bonds. The fourth-order valence-corrected chi connectivity index (χ4v) is 2.96. The molecule has 6 heteroatoms. The van der Waals surface area contributed by atoms with Gasteiger partial charge in [-0.05, 0) is 25.5 Å². The predicted molar refractivity (Wildman–Crippen MR) is 80.3 cm³/mol. The molecule has 5 nitrogen and oxygen atoms in total. The molecule has 0 aliphatic carbocycles. The smallest absolute Gasteiger partial charge is 0.407 e. The highest BCUT2D eigenvalue weighted by atomic mass is 32.1. The number of hydrogen-bond donors (Lipinski definition) is 1. The van der Waals surface area contributed by atoms with Crippen molar-refractivity contribution < 1.29 is 9.53 Å². The van der Waals surface area contributed by atoms with Gasteiger partial charge in [0.25, 0.3) is 5.56 Å². The molecule has 1 aromatic heterocycles. The van der Waals surface area contributed by atoms with Crippen molar-refractivity contribution in [3.05, 3.63) is 34.6 Å². The van der Waals surface area contributed by atoms with Crippen LogP contribution in [0.25, 0.3) is 10.1 Å². The van der Waals surface area contributed by atoms with E-state index in [9.17, 15) is 9.59 Å². The summed E-state index contributed by atoms with van der Waals surface area (Å²) in [5.41, 5.74) is -0.0324. The van der Waals surface area contributed by atoms with Crippen molar-refractivity contribution in [3.63, 3.8) is 0 Å². The largest absolute Gasteiger partial charge is 0.445 e. The number of nitrogens with zero attached hydrogens (tertiary/aromatic N) is 1. The first kappa shape index (κ1) is 14.6. The van der Waals surface area contributed by atoms with Crippen molar-refractivity contribution in [1.29, 1.82) is 0 Å². The molecule has 0 aliphatic heterocycles. The molecule has 0 spiro atoms. The molecule has 20 heavy (non-hydrogen) atoms. The molecule has 108 valence electrons. The summed E-state index contributed by atoms with van der Waals surface area (Å²) in [6, 6.07) is 7.47. The van der Waals surface area contributed by atoms with Crippen LogP contribution in [0, 0.1) is 0 Å². The zero-order valence-electron chi connectivity index (χ0n) is 11.6. The van der Waals surface area contributed by atoms with Gasteiger partial charge in [0.05, 0.1) is 16.6 Å². The molecular weight excluding hydrogens is 276 g/mol. The number of carbonyl (C=O) groups excluding carboxylic acids is 1. The maximum Gasteiger partial charge on any atom is 0.407 e. The molecule has 0 fully saturated rings. The molecule has 1 N–H and O–H groups in total. The Morgan fingerprint density at radius 2 is 2.20 bits per heavy atom. The Labute approximate surface area is 121 Å². The summed E-state index contributed by atoms with van der Waals surface area (Å²) in [5, 5.41) is 3.35. The Kier molecular flexibility index (Phi) is 4.79. The van der Waals surface area contributed by atoms with Crippen LogP contribution in [0.15, 0.2) is 29.1 Å². The number of rotatable bonds is 5. The van der Waals surface area contributed by atoms with E-state index < -0.39 is 6.09 Å². The van der Waals surface area contributed by atoms with Crippen molar-refractivity contribution in [2.45, 2.75) is 32.9 Å². The van der Waals surface area contributed by atoms with E-state index >= 15 is 0 Å². The predicted octanol–water partition coefficient (Wildman–Crippen LogP) is 2.59. The van der Waals surface area contributed by atoms with Gasteiger partial charge in [0.2, 0.25) is 0 Å². The fraction of sp³-hybridized carbons (Fsp3) is 0.429. The summed E-state index contributed by atoms with van der Waals surface area (Å²) in [7, 11) is 0. The van der Waals surface area contributed by atoms with E-state index in [1.165, 1.54) is 11.5 Å². The quantitative estimate of drug-likeness (QED) is 0.922. The number of aromatic nitrogens is 1. The van der Waals surface area contributed by atoms with Gasteiger partial charge in [-0.25, -0.2) is 4.79 Å². The summed E-state index contributed by atoms with van der Waals surface area (Å²) >= 11 is 1.39. The molecule has 2 aromatic rings. The Morgan fingerprint density at radius 3 is 2.90 bits per heavy atom. The Bertz CT molecular complexity index is 647. The van der Waals surface area contributed by atoms with Gasteiger partial charge in [0.1, 0.15) is 6.10 Å². The van der Waals surface area contributed by atoms with E-state index in [1.54, 1.807) is 10.9 Å². The number of carbonyl (C=O) groups is 1. The van der Waals surface area contributed by atoms with Crippen molar-refractivity contribution in [1.82, 2.24) is 9.27 Å². The Hall–Kier alpha value is -1.82. The first-order chi connectivity index (χ1) is 9.61. The van der Waals surface area contributed by atoms with Crippen molar-refractivity contribution in [3.8, 4) is 0 Å². The first-order valence-electron chi connectivity index (χ1n) is 6.65. The van der Waals surface area contributed by atoms with E-state index in [0.29, 0.717) is 18.5 Å². The lowest BCUT2D eigenvalue weighted by atomic mass is 10.3. The minimum atomic E-state index is -0.437. The molecule has 0 aliphatic rings. The van der Waals surface area contributed by atoms with Gasteiger partial charge < -0.3 is 10.1 Å². The third-order valence-corrected chi connectivity index (χ3v) is 3.89. The maximum atomic E-state index is 12.1. The highest BCUT2D eigenvalue weighted by molar-refractivity contribution is 7.13. The van der Waals surface area contributed by atoms with Crippen LogP contribution in [0.1, 0.15) is 20.3 Å². The summed E-state index contributed by atoms with van der Waals surface area (Å²) in [5.74, 6) is 0. The molecule has 2 rings (SSSR count). The van der Waals surface area contributed by atoms with Gasteiger partial charge in [-0.15, -0.1) is 0 Å². The van der Waals surface area contributed by atoms with Gasteiger partial charge in [0, 0.05) is 6.54 Å². The van der Waals surface area contributed by atoms with Crippen molar-refractivity contribution >= 4 is 27.7 Å². The Morgan fingerprint density at radius 1 is 1.45 bits per heavy atom. The van der Waals surface area contributed by atoms with E-state index in [2.05, 4.69) is 5.32 Å². The lowest BCUT2D eigenvalue weighted by Crippen LogP contribution is -2.31. The average Bonchev–Trinajstić information content (AvgIpc) is 2.73. The van der Waals surface area contributed by atoms with Crippen LogP contribution < -0.4 is 10.9 Å². The second-order valence-corrected chi connectivity index (χ2v) is 5.66. The summed E-state index contributed by atoms with van der Waals surface area (Å²) < 4.78 is 7.78. The third kappa shape index (κ3) is 3.39. The second kappa shape index (κ2) is 6.56. The summed E-state index contributed by atoms with van der Waals surface area (Å²) in [6.07, 6.45) is 0.0744. The van der Waals surface area contributed by atoms with Crippen LogP contribution in [0.2, 0.25) is 0 Å². The van der Waals surface area contributed by atoms with Crippen molar-refractivity contribution in [2.24, 2.45) is 0 Å². The maximum absolute atomic E-state index is 12.1. The van der Waals surface area contributed by atoms with Gasteiger partial charge in [-0.2, -0.15) is 0 Å². The van der Waals surface area contributed by atoms with Gasteiger partial charge in [-0.3, -0.25) is 8.75 Å². The van der Waals surface area contributed by atoms with E-state index in [-0.39, 0.29) is 11.7 Å². The highest BCUT2D eigenvalue weighted by Gasteiger charge is 2.13. The number of nitrogens with one attached hydrogen (secondary N) is 1. The van der Waals surface area contributed by atoms with Gasteiger partial charge >= 0.3 is 6.09 Å². The number of fused-ring (bicyclic) bond motifs is 1. The first-order valence-corrected chi connectivity index (χ1v) is 7.42. The average molecular weight is 294 g/mol. The third-order valence-electron chi connectivity index (χ3n) is 2.80. The lowest BCUT2D eigenvalue weighted by molar-refractivity contribution is 0.0987. The molecule has 1 atom stereocenters. The molecule has 1 unspecified atom stereocenters. The minimum Gasteiger partial charge on any atom is -0.445 e. The van der Waals surface area contributed by atoms with Gasteiger partial charge in [0.15, 0.2) is 0 Å². The Balaban J connectivity index is 2.03. The minimum absolute atomic E-state index is 0.0324. The molecule has 0 saturated heterocycles. The normalized spacial score (nSPS) is 12.3. The number of amides is 1. The van der Waals surface area contributed by atoms with E-state index in [1.807, 2.05) is 31.2 Å². The number of ether oxygens (including phenoxy) is 1. The standard InChI is InChI=1S/C14H18N2O3S/c1-3-8-15-14(18)19-10(2)9-16-13(17)11-6-4-5-7-12(11)20-16/h4-7,10H,3,8-9H2,1-2H3,(H,15,18). The molecule has 0 saturated carbocycles. The monoisotopic (exact) mass is 294 g/mol. The van der Waals surface area contributed by atoms with E-state index in [0.717, 1.165) is 11.1 Å². The second-order valence-electron chi connectivity index (χ2n) is 4.60. The fourth-order valence-electron chi connectivity index (χ4n) is 1.86. The van der Waals surface area contributed by atoms with Crippen LogP contribution in [0.5, 0.6) is 0 Å².